The summed E-state index contributed by atoms with van der Waals surface area (Å²) in [4.78, 5) is 0. The first kappa shape index (κ1) is 49.7. The molecule has 0 aliphatic carbocycles. The Morgan fingerprint density at radius 3 is 0.800 bits per heavy atom. The summed E-state index contributed by atoms with van der Waals surface area (Å²) in [6.45, 7) is 0. The molecular formula is H3AlCo2MnNi. The normalized spacial score (nSPS) is 0. The molecule has 0 unspecified atom stereocenters. The van der Waals surface area contributed by atoms with Crippen molar-refractivity contribution in [1.29, 1.82) is 0 Å². The van der Waals surface area contributed by atoms with Crippen molar-refractivity contribution in [3.05, 3.63) is 0 Å². The summed E-state index contributed by atoms with van der Waals surface area (Å²) in [5.41, 5.74) is 0. The Kier molecular flexibility index (Phi) is 308. The Balaban J connectivity index is 0. The third kappa shape index (κ3) is 20.8. The third-order valence-corrected chi connectivity index (χ3v) is 0. The first-order valence-corrected chi connectivity index (χ1v) is 0. The van der Waals surface area contributed by atoms with E-state index in [0.717, 1.165) is 0 Å². The fourth-order valence-corrected chi connectivity index (χ4v) is 0. The molecule has 41 valence electrons. The summed E-state index contributed by atoms with van der Waals surface area (Å²) in [5, 5.41) is 0. The average Bonchev–Trinajstić information content (AvgIpc) is 0. The molecule has 0 saturated heterocycles. The van der Waals surface area contributed by atoms with Gasteiger partial charge in [0.1, 0.15) is 0 Å². The van der Waals surface area contributed by atoms with Crippen molar-refractivity contribution < 1.29 is 67.1 Å². The molecule has 0 rings (SSSR count). The molecule has 0 heterocycles. The molecule has 0 saturated carbocycles. The monoisotopic (exact) mass is 261 g/mol. The van der Waals surface area contributed by atoms with Crippen LogP contribution >= 0.6 is 0 Å². The van der Waals surface area contributed by atoms with Gasteiger partial charge in [-0.05, 0) is 0 Å². The van der Waals surface area contributed by atoms with E-state index >= 15 is 0 Å². The zero-order valence-corrected chi connectivity index (χ0v) is 5.61. The molecule has 0 aromatic heterocycles. The van der Waals surface area contributed by atoms with Crippen molar-refractivity contribution in [2.75, 3.05) is 0 Å². The van der Waals surface area contributed by atoms with Crippen LogP contribution in [0.25, 0.3) is 0 Å². The molecule has 3 radical (unpaired) electrons. The van der Waals surface area contributed by atoms with Gasteiger partial charge in [0.05, 0.1) is 0 Å². The van der Waals surface area contributed by atoms with Gasteiger partial charge in [0.25, 0.3) is 0 Å². The van der Waals surface area contributed by atoms with Crippen LogP contribution in [-0.2, 0) is 67.1 Å². The molecule has 0 fully saturated rings. The van der Waals surface area contributed by atoms with Gasteiger partial charge >= 0.3 is 0 Å². The van der Waals surface area contributed by atoms with Gasteiger partial charge in [-0.15, -0.1) is 0 Å². The maximum Gasteiger partial charge on any atom is 0.187 e. The molecule has 0 aromatic carbocycles. The standard InChI is InChI=1S/Al.2Co.Mn.Ni.3H. The maximum absolute atomic E-state index is 0. The van der Waals surface area contributed by atoms with Gasteiger partial charge in [-0.2, -0.15) is 0 Å². The van der Waals surface area contributed by atoms with Crippen LogP contribution in [0, 0.1) is 0 Å². The third-order valence-electron chi connectivity index (χ3n) is 0. The SMILES string of the molecule is [AlH3].[Co].[Co].[Mn].[Ni]. The van der Waals surface area contributed by atoms with Crippen molar-refractivity contribution in [1.82, 2.24) is 0 Å². The summed E-state index contributed by atoms with van der Waals surface area (Å²) in [7, 11) is 0. The van der Waals surface area contributed by atoms with Crippen molar-refractivity contribution >= 4 is 17.4 Å². The fourth-order valence-electron chi connectivity index (χ4n) is 0. The van der Waals surface area contributed by atoms with Gasteiger partial charge in [0.15, 0.2) is 17.4 Å². The van der Waals surface area contributed by atoms with Crippen LogP contribution in [0.3, 0.4) is 0 Å². The molecule has 0 aromatic rings. The second kappa shape index (κ2) is 31.0. The average molecular weight is 262 g/mol. The van der Waals surface area contributed by atoms with E-state index in [-0.39, 0.29) is 84.5 Å². The molecule has 0 bridgehead atoms. The molecular weight excluding hydrogens is 258 g/mol. The van der Waals surface area contributed by atoms with Gasteiger partial charge in [0.2, 0.25) is 0 Å². The molecule has 0 amide bonds. The van der Waals surface area contributed by atoms with Crippen LogP contribution in [-0.4, -0.2) is 17.4 Å². The Hall–Kier alpha value is 2.56. The second-order valence-corrected chi connectivity index (χ2v) is 0. The topological polar surface area (TPSA) is 0 Å². The van der Waals surface area contributed by atoms with Crippen molar-refractivity contribution in [2.45, 2.75) is 0 Å². The predicted octanol–water partition coefficient (Wildman–Crippen LogP) is -1.19. The van der Waals surface area contributed by atoms with Crippen LogP contribution in [0.4, 0.5) is 0 Å². The first-order valence-electron chi connectivity index (χ1n) is 0. The van der Waals surface area contributed by atoms with E-state index in [1.54, 1.807) is 0 Å². The molecule has 5 heteroatoms. The van der Waals surface area contributed by atoms with E-state index in [4.69, 9.17) is 0 Å². The molecule has 0 aliphatic heterocycles. The quantitative estimate of drug-likeness (QED) is 0.481. The number of hydrogen-bond acceptors (Lipinski definition) is 0. The van der Waals surface area contributed by atoms with Crippen molar-refractivity contribution in [3.63, 3.8) is 0 Å². The van der Waals surface area contributed by atoms with Crippen LogP contribution in [0.5, 0.6) is 0 Å². The van der Waals surface area contributed by atoms with Crippen molar-refractivity contribution in [2.24, 2.45) is 0 Å². The largest absolute Gasteiger partial charge is 0.187 e. The van der Waals surface area contributed by atoms with Crippen LogP contribution < -0.4 is 0 Å². The van der Waals surface area contributed by atoms with Gasteiger partial charge < -0.3 is 0 Å². The van der Waals surface area contributed by atoms with E-state index in [1.165, 1.54) is 0 Å². The summed E-state index contributed by atoms with van der Waals surface area (Å²) in [5.74, 6) is 0. The van der Waals surface area contributed by atoms with E-state index in [1.807, 2.05) is 0 Å². The molecule has 5 heavy (non-hydrogen) atoms. The summed E-state index contributed by atoms with van der Waals surface area (Å²) in [6, 6.07) is 0. The Morgan fingerprint density at radius 2 is 0.800 bits per heavy atom. The second-order valence-electron chi connectivity index (χ2n) is 0. The van der Waals surface area contributed by atoms with Gasteiger partial charge in [0, 0.05) is 67.1 Å². The minimum atomic E-state index is 0. The van der Waals surface area contributed by atoms with E-state index < -0.39 is 0 Å². The summed E-state index contributed by atoms with van der Waals surface area (Å²) < 4.78 is 0. The molecule has 0 spiro atoms. The van der Waals surface area contributed by atoms with Crippen LogP contribution in [0.1, 0.15) is 0 Å². The van der Waals surface area contributed by atoms with Crippen molar-refractivity contribution in [3.8, 4) is 0 Å². The summed E-state index contributed by atoms with van der Waals surface area (Å²) in [6.07, 6.45) is 0. The van der Waals surface area contributed by atoms with E-state index in [2.05, 4.69) is 0 Å². The van der Waals surface area contributed by atoms with Gasteiger partial charge in [-0.25, -0.2) is 0 Å². The Morgan fingerprint density at radius 1 is 0.800 bits per heavy atom. The number of rotatable bonds is 0. The Bertz CT molecular complexity index is 9.61. The minimum absolute atomic E-state index is 0. The smallest absolute Gasteiger partial charge is 0 e. The van der Waals surface area contributed by atoms with Crippen LogP contribution in [0.2, 0.25) is 0 Å². The zero-order chi connectivity index (χ0) is 0. The first-order chi connectivity index (χ1) is 0. The predicted molar refractivity (Wildman–Crippen MR) is 9.94 cm³/mol. The summed E-state index contributed by atoms with van der Waals surface area (Å²) >= 11 is 0. The molecule has 0 atom stereocenters. The van der Waals surface area contributed by atoms with Gasteiger partial charge in [-0.3, -0.25) is 0 Å². The number of hydrogen-bond donors (Lipinski definition) is 0. The van der Waals surface area contributed by atoms with E-state index in [9.17, 15) is 0 Å². The van der Waals surface area contributed by atoms with Gasteiger partial charge in [-0.1, -0.05) is 0 Å². The molecule has 0 N–H and O–H groups in total. The van der Waals surface area contributed by atoms with Crippen LogP contribution in [0.15, 0.2) is 0 Å². The zero-order valence-electron chi connectivity index (χ0n) is 1.36. The maximum atomic E-state index is 0. The fraction of sp³-hybridized carbons (Fsp3) is 0. The molecule has 0 aliphatic rings. The van der Waals surface area contributed by atoms with E-state index in [0.29, 0.717) is 0 Å². The minimum Gasteiger partial charge on any atom is 0 e. The molecule has 0 nitrogen and oxygen atoms in total. The Labute approximate surface area is 83.5 Å².